The smallest absolute Gasteiger partial charge is 0.258 e. The van der Waals surface area contributed by atoms with Crippen LogP contribution in [0, 0.1) is 0 Å². The number of ether oxygens (including phenoxy) is 1. The van der Waals surface area contributed by atoms with Crippen LogP contribution in [0.1, 0.15) is 16.7 Å². The first-order chi connectivity index (χ1) is 16.4. The van der Waals surface area contributed by atoms with Crippen LogP contribution in [0.15, 0.2) is 60.7 Å². The summed E-state index contributed by atoms with van der Waals surface area (Å²) in [6, 6.07) is 19.8. The van der Waals surface area contributed by atoms with E-state index in [-0.39, 0.29) is 5.91 Å². The number of benzene rings is 3. The molecule has 6 nitrogen and oxygen atoms in total. The van der Waals surface area contributed by atoms with Gasteiger partial charge in [-0.3, -0.25) is 4.79 Å². The highest BCUT2D eigenvalue weighted by Crippen LogP contribution is 2.41. The van der Waals surface area contributed by atoms with Gasteiger partial charge in [-0.15, -0.1) is 0 Å². The number of carbonyl (C=O) groups is 1. The average molecular weight is 475 g/mol. The number of amides is 1. The van der Waals surface area contributed by atoms with Crippen molar-refractivity contribution in [3.8, 4) is 5.75 Å². The van der Waals surface area contributed by atoms with Gasteiger partial charge in [0.1, 0.15) is 12.4 Å². The molecular formula is C27H27ClN4O2. The molecule has 0 aromatic heterocycles. The lowest BCUT2D eigenvalue weighted by atomic mass is 9.99. The number of hydrogen-bond acceptors (Lipinski definition) is 5. The van der Waals surface area contributed by atoms with Crippen LogP contribution in [0.2, 0.25) is 5.02 Å². The summed E-state index contributed by atoms with van der Waals surface area (Å²) in [6.45, 7) is 2.33. The van der Waals surface area contributed by atoms with Crippen molar-refractivity contribution in [3.05, 3.63) is 82.4 Å². The molecule has 7 heteroatoms. The molecule has 34 heavy (non-hydrogen) atoms. The van der Waals surface area contributed by atoms with E-state index in [0.29, 0.717) is 22.9 Å². The molecule has 0 radical (unpaired) electrons. The van der Waals surface area contributed by atoms with Crippen LogP contribution in [-0.2, 0) is 11.3 Å². The maximum atomic E-state index is 13.2. The quantitative estimate of drug-likeness (QED) is 0.500. The molecule has 5 rings (SSSR count). The third-order valence-electron chi connectivity index (χ3n) is 6.04. The van der Waals surface area contributed by atoms with Gasteiger partial charge in [-0.05, 0) is 56.1 Å². The Morgan fingerprint density at radius 1 is 1.12 bits per heavy atom. The van der Waals surface area contributed by atoms with Crippen molar-refractivity contribution < 1.29 is 9.53 Å². The van der Waals surface area contributed by atoms with E-state index in [9.17, 15) is 4.79 Å². The Morgan fingerprint density at radius 2 is 1.91 bits per heavy atom. The Labute approximate surface area is 204 Å². The van der Waals surface area contributed by atoms with E-state index < -0.39 is 0 Å². The van der Waals surface area contributed by atoms with Crippen molar-refractivity contribution >= 4 is 45.8 Å². The minimum Gasteiger partial charge on any atom is -0.490 e. The highest BCUT2D eigenvalue weighted by Gasteiger charge is 2.29. The predicted molar refractivity (Wildman–Crippen MR) is 140 cm³/mol. The number of halogens is 1. The topological polar surface area (TPSA) is 56.8 Å². The van der Waals surface area contributed by atoms with Crippen molar-refractivity contribution in [2.24, 2.45) is 0 Å². The zero-order valence-electron chi connectivity index (χ0n) is 19.5. The molecule has 0 atom stereocenters. The molecule has 0 saturated heterocycles. The van der Waals surface area contributed by atoms with E-state index >= 15 is 0 Å². The normalized spacial score (nSPS) is 16.0. The number of anilines is 3. The highest BCUT2D eigenvalue weighted by molar-refractivity contribution is 6.38. The molecule has 0 saturated carbocycles. The second-order valence-corrected chi connectivity index (χ2v) is 9.34. The molecule has 0 bridgehead atoms. The minimum absolute atomic E-state index is 0.167. The van der Waals surface area contributed by atoms with Crippen LogP contribution >= 0.6 is 11.6 Å². The Bertz CT molecular complexity index is 1280. The van der Waals surface area contributed by atoms with Crippen molar-refractivity contribution in [1.82, 2.24) is 4.90 Å². The van der Waals surface area contributed by atoms with E-state index in [2.05, 4.69) is 39.6 Å². The van der Waals surface area contributed by atoms with Crippen LogP contribution in [0.25, 0.3) is 11.3 Å². The van der Waals surface area contributed by atoms with Crippen molar-refractivity contribution in [3.63, 3.8) is 0 Å². The maximum Gasteiger partial charge on any atom is 0.258 e. The van der Waals surface area contributed by atoms with E-state index in [1.165, 1.54) is 5.56 Å². The number of nitrogens with one attached hydrogen (secondary N) is 2. The second-order valence-electron chi connectivity index (χ2n) is 8.91. The summed E-state index contributed by atoms with van der Waals surface area (Å²) in [5, 5.41) is 7.06. The summed E-state index contributed by atoms with van der Waals surface area (Å²) in [5.74, 6) is 0.641. The zero-order chi connectivity index (χ0) is 23.8. The molecule has 2 aliphatic rings. The molecule has 0 spiro atoms. The third kappa shape index (κ3) is 4.34. The zero-order valence-corrected chi connectivity index (χ0v) is 20.2. The van der Waals surface area contributed by atoms with Crippen molar-refractivity contribution in [2.75, 3.05) is 49.8 Å². The van der Waals surface area contributed by atoms with Crippen LogP contribution in [0.3, 0.4) is 0 Å². The van der Waals surface area contributed by atoms with Gasteiger partial charge in [0, 0.05) is 35.4 Å². The Hall–Kier alpha value is -3.48. The fraction of sp³-hybridized carbons (Fsp3) is 0.222. The highest BCUT2D eigenvalue weighted by atomic mass is 35.5. The van der Waals surface area contributed by atoms with Crippen LogP contribution in [0.5, 0.6) is 5.75 Å². The van der Waals surface area contributed by atoms with Gasteiger partial charge in [-0.2, -0.15) is 0 Å². The van der Waals surface area contributed by atoms with Crippen molar-refractivity contribution in [1.29, 1.82) is 0 Å². The summed E-state index contributed by atoms with van der Waals surface area (Å²) < 4.78 is 5.95. The van der Waals surface area contributed by atoms with Gasteiger partial charge < -0.3 is 25.2 Å². The molecule has 2 aliphatic heterocycles. The van der Waals surface area contributed by atoms with E-state index in [1.807, 2.05) is 50.5 Å². The molecule has 0 fully saturated rings. The van der Waals surface area contributed by atoms with Gasteiger partial charge in [-0.1, -0.05) is 35.9 Å². The van der Waals surface area contributed by atoms with E-state index in [1.54, 1.807) is 12.1 Å². The first kappa shape index (κ1) is 22.3. The second kappa shape index (κ2) is 9.05. The van der Waals surface area contributed by atoms with Crippen LogP contribution in [0.4, 0.5) is 17.1 Å². The first-order valence-electron chi connectivity index (χ1n) is 11.2. The summed E-state index contributed by atoms with van der Waals surface area (Å²) in [5.41, 5.74) is 6.85. The number of hydrogen-bond donors (Lipinski definition) is 2. The SMILES string of the molecule is CN(C)Cc1ccc(NC(=C2C(=O)Nc3cc(Cl)ccc32)c2ccc3c(c2)OCCN3C)cc1. The minimum atomic E-state index is -0.167. The van der Waals surface area contributed by atoms with Gasteiger partial charge in [0.05, 0.1) is 29.2 Å². The third-order valence-corrected chi connectivity index (χ3v) is 6.28. The van der Waals surface area contributed by atoms with Gasteiger partial charge in [0.15, 0.2) is 0 Å². The van der Waals surface area contributed by atoms with E-state index in [0.717, 1.165) is 47.0 Å². The lowest BCUT2D eigenvalue weighted by Gasteiger charge is -2.28. The summed E-state index contributed by atoms with van der Waals surface area (Å²) in [7, 11) is 6.15. The van der Waals surface area contributed by atoms with Gasteiger partial charge in [0.2, 0.25) is 0 Å². The predicted octanol–water partition coefficient (Wildman–Crippen LogP) is 5.16. The van der Waals surface area contributed by atoms with Gasteiger partial charge in [0.25, 0.3) is 5.91 Å². The fourth-order valence-corrected chi connectivity index (χ4v) is 4.56. The molecule has 2 N–H and O–H groups in total. The van der Waals surface area contributed by atoms with E-state index in [4.69, 9.17) is 16.3 Å². The Kier molecular flexibility index (Phi) is 5.94. The fourth-order valence-electron chi connectivity index (χ4n) is 4.39. The first-order valence-corrected chi connectivity index (χ1v) is 11.6. The number of rotatable bonds is 5. The maximum absolute atomic E-state index is 13.2. The summed E-state index contributed by atoms with van der Waals surface area (Å²) >= 11 is 6.18. The summed E-state index contributed by atoms with van der Waals surface area (Å²) in [4.78, 5) is 17.5. The van der Waals surface area contributed by atoms with Crippen LogP contribution < -0.4 is 20.3 Å². The number of carbonyl (C=O) groups excluding carboxylic acids is 1. The summed E-state index contributed by atoms with van der Waals surface area (Å²) in [6.07, 6.45) is 0. The molecule has 0 aliphatic carbocycles. The lowest BCUT2D eigenvalue weighted by Crippen LogP contribution is -2.28. The Morgan fingerprint density at radius 3 is 2.68 bits per heavy atom. The largest absolute Gasteiger partial charge is 0.490 e. The lowest BCUT2D eigenvalue weighted by molar-refractivity contribution is -0.110. The molecule has 2 heterocycles. The number of nitrogens with zero attached hydrogens (tertiary/aromatic N) is 2. The number of fused-ring (bicyclic) bond motifs is 2. The van der Waals surface area contributed by atoms with Crippen molar-refractivity contribution in [2.45, 2.75) is 6.54 Å². The molecular weight excluding hydrogens is 448 g/mol. The molecule has 174 valence electrons. The molecule has 3 aromatic carbocycles. The molecule has 1 amide bonds. The van der Waals surface area contributed by atoms with Crippen LogP contribution in [-0.4, -0.2) is 45.1 Å². The monoisotopic (exact) mass is 474 g/mol. The average Bonchev–Trinajstić information content (AvgIpc) is 3.12. The standard InChI is InChI=1S/C27H27ClN4O2/c1-31(2)16-17-4-8-20(9-5-17)29-26(18-6-11-23-24(14-18)34-13-12-32(23)3)25-21-10-7-19(28)15-22(21)30-27(25)33/h4-11,14-15,29H,12-13,16H2,1-3H3,(H,30,33). The molecule has 3 aromatic rings. The molecule has 0 unspecified atom stereocenters. The van der Waals surface area contributed by atoms with Gasteiger partial charge >= 0.3 is 0 Å². The Balaban J connectivity index is 1.61. The number of likely N-dealkylation sites (N-methyl/N-ethyl adjacent to an activating group) is 1. The van der Waals surface area contributed by atoms with Gasteiger partial charge in [-0.25, -0.2) is 0 Å².